The first-order valence-corrected chi connectivity index (χ1v) is 7.12. The van der Waals surface area contributed by atoms with Crippen LogP contribution in [0.4, 0.5) is 5.69 Å². The number of nitro benzene ring substituents is 1. The van der Waals surface area contributed by atoms with Crippen molar-refractivity contribution < 1.29 is 13.3 Å². The predicted molar refractivity (Wildman–Crippen MR) is 65.8 cm³/mol. The van der Waals surface area contributed by atoms with E-state index in [2.05, 4.69) is 0 Å². The van der Waals surface area contributed by atoms with Gasteiger partial charge in [0.05, 0.1) is 9.82 Å². The molecule has 1 aliphatic rings. The number of nitro groups is 1. The topological polar surface area (TPSA) is 80.5 Å². The largest absolute Gasteiger partial charge is 0.270 e. The van der Waals surface area contributed by atoms with Crippen molar-refractivity contribution in [2.24, 2.45) is 0 Å². The highest BCUT2D eigenvalue weighted by Gasteiger charge is 2.29. The maximum Gasteiger partial charge on any atom is 0.270 e. The summed E-state index contributed by atoms with van der Waals surface area (Å²) < 4.78 is 26.1. The summed E-state index contributed by atoms with van der Waals surface area (Å²) in [5.74, 6) is 0. The van der Waals surface area contributed by atoms with Crippen LogP contribution in [0.25, 0.3) is 0 Å². The molecule has 0 spiro atoms. The lowest BCUT2D eigenvalue weighted by Crippen LogP contribution is -2.28. The zero-order valence-corrected chi connectivity index (χ0v) is 10.8. The van der Waals surface area contributed by atoms with Crippen LogP contribution in [0.3, 0.4) is 0 Å². The van der Waals surface area contributed by atoms with E-state index in [1.165, 1.54) is 16.4 Å². The molecule has 1 aromatic carbocycles. The van der Waals surface area contributed by atoms with Crippen LogP contribution in [-0.4, -0.2) is 30.7 Å². The van der Waals surface area contributed by atoms with Gasteiger partial charge in [0.2, 0.25) is 10.0 Å². The molecule has 2 rings (SSSR count). The second-order valence-electron chi connectivity index (χ2n) is 4.32. The van der Waals surface area contributed by atoms with Crippen LogP contribution < -0.4 is 0 Å². The third-order valence-corrected chi connectivity index (χ3v) is 5.11. The van der Waals surface area contributed by atoms with Crippen LogP contribution in [0.15, 0.2) is 23.1 Å². The normalized spacial score (nSPS) is 16.9. The van der Waals surface area contributed by atoms with Crippen LogP contribution in [0.2, 0.25) is 0 Å². The van der Waals surface area contributed by atoms with Crippen molar-refractivity contribution in [3.8, 4) is 0 Å². The van der Waals surface area contributed by atoms with Crippen molar-refractivity contribution >= 4 is 15.7 Å². The van der Waals surface area contributed by atoms with Crippen molar-refractivity contribution in [1.82, 2.24) is 4.31 Å². The molecule has 7 heteroatoms. The number of hydrogen-bond donors (Lipinski definition) is 0. The van der Waals surface area contributed by atoms with Gasteiger partial charge in [-0.05, 0) is 25.3 Å². The highest BCUT2D eigenvalue weighted by molar-refractivity contribution is 7.89. The van der Waals surface area contributed by atoms with Gasteiger partial charge in [-0.15, -0.1) is 0 Å². The van der Waals surface area contributed by atoms with Crippen LogP contribution in [-0.2, 0) is 10.0 Å². The summed E-state index contributed by atoms with van der Waals surface area (Å²) in [7, 11) is -3.60. The van der Waals surface area contributed by atoms with Crippen LogP contribution in [0, 0.1) is 17.0 Å². The van der Waals surface area contributed by atoms with Gasteiger partial charge in [-0.3, -0.25) is 10.1 Å². The van der Waals surface area contributed by atoms with Gasteiger partial charge < -0.3 is 0 Å². The van der Waals surface area contributed by atoms with E-state index < -0.39 is 14.9 Å². The zero-order valence-electron chi connectivity index (χ0n) is 10.00. The van der Waals surface area contributed by atoms with Gasteiger partial charge in [0.1, 0.15) is 0 Å². The smallest absolute Gasteiger partial charge is 0.258 e. The lowest BCUT2D eigenvalue weighted by atomic mass is 10.2. The van der Waals surface area contributed by atoms with Gasteiger partial charge in [-0.25, -0.2) is 8.42 Å². The molecule has 0 radical (unpaired) electrons. The van der Waals surface area contributed by atoms with Gasteiger partial charge >= 0.3 is 0 Å². The summed E-state index contributed by atoms with van der Waals surface area (Å²) in [6.07, 6.45) is 1.68. The fraction of sp³-hybridized carbons (Fsp3) is 0.455. The molecule has 6 nitrogen and oxygen atoms in total. The highest BCUT2D eigenvalue weighted by atomic mass is 32.2. The average molecular weight is 270 g/mol. The summed E-state index contributed by atoms with van der Waals surface area (Å²) in [5, 5.41) is 10.7. The molecule has 98 valence electrons. The molecule has 0 unspecified atom stereocenters. The number of benzene rings is 1. The molecule has 1 fully saturated rings. The van der Waals surface area contributed by atoms with Gasteiger partial charge in [-0.2, -0.15) is 4.31 Å². The quantitative estimate of drug-likeness (QED) is 0.618. The molecule has 1 aromatic rings. The Labute approximate surface area is 105 Å². The standard InChI is InChI=1S/C11H14N2O4S/c1-9-4-5-10(13(14)15)8-11(9)18(16,17)12-6-2-3-7-12/h4-5,8H,2-3,6-7H2,1H3. The maximum atomic E-state index is 12.3. The summed E-state index contributed by atoms with van der Waals surface area (Å²) >= 11 is 0. The van der Waals surface area contributed by atoms with E-state index in [0.29, 0.717) is 18.7 Å². The summed E-state index contributed by atoms with van der Waals surface area (Å²) in [6.45, 7) is 2.63. The molecule has 0 aromatic heterocycles. The SMILES string of the molecule is Cc1ccc([N+](=O)[O-])cc1S(=O)(=O)N1CCCC1. The molecular formula is C11H14N2O4S. The lowest BCUT2D eigenvalue weighted by Gasteiger charge is -2.16. The molecule has 0 atom stereocenters. The Morgan fingerprint density at radius 2 is 1.89 bits per heavy atom. The number of non-ortho nitro benzene ring substituents is 1. The van der Waals surface area contributed by atoms with Gasteiger partial charge in [0.15, 0.2) is 0 Å². The lowest BCUT2D eigenvalue weighted by molar-refractivity contribution is -0.385. The summed E-state index contributed by atoms with van der Waals surface area (Å²) in [4.78, 5) is 10.2. The number of rotatable bonds is 3. The Hall–Kier alpha value is -1.47. The molecule has 0 saturated carbocycles. The molecular weight excluding hydrogens is 256 g/mol. The maximum absolute atomic E-state index is 12.3. The van der Waals surface area contributed by atoms with Gasteiger partial charge in [0.25, 0.3) is 5.69 Å². The first kappa shape index (κ1) is 13.0. The average Bonchev–Trinajstić information content (AvgIpc) is 2.82. The minimum atomic E-state index is -3.60. The Bertz CT molecular complexity index is 577. The number of nitrogens with zero attached hydrogens (tertiary/aromatic N) is 2. The monoisotopic (exact) mass is 270 g/mol. The van der Waals surface area contributed by atoms with E-state index in [9.17, 15) is 18.5 Å². The molecule has 1 heterocycles. The van der Waals surface area contributed by atoms with Crippen molar-refractivity contribution in [3.05, 3.63) is 33.9 Å². The fourth-order valence-corrected chi connectivity index (χ4v) is 3.81. The second-order valence-corrected chi connectivity index (χ2v) is 6.22. The minimum absolute atomic E-state index is 0.0404. The van der Waals surface area contributed by atoms with E-state index in [1.807, 2.05) is 0 Å². The van der Waals surface area contributed by atoms with Gasteiger partial charge in [-0.1, -0.05) is 6.07 Å². The summed E-state index contributed by atoms with van der Waals surface area (Å²) in [5.41, 5.74) is 0.339. The third-order valence-electron chi connectivity index (χ3n) is 3.07. The third kappa shape index (κ3) is 2.23. The van der Waals surface area contributed by atoms with E-state index >= 15 is 0 Å². The minimum Gasteiger partial charge on any atom is -0.258 e. The van der Waals surface area contributed by atoms with Crippen molar-refractivity contribution in [3.63, 3.8) is 0 Å². The van der Waals surface area contributed by atoms with Gasteiger partial charge in [0, 0.05) is 25.2 Å². The molecule has 0 amide bonds. The zero-order chi connectivity index (χ0) is 13.3. The number of aryl methyl sites for hydroxylation is 1. The van der Waals surface area contributed by atoms with E-state index in [-0.39, 0.29) is 10.6 Å². The predicted octanol–water partition coefficient (Wildman–Crippen LogP) is 1.69. The van der Waals surface area contributed by atoms with Crippen molar-refractivity contribution in [2.45, 2.75) is 24.7 Å². The Morgan fingerprint density at radius 1 is 1.28 bits per heavy atom. The van der Waals surface area contributed by atoms with Crippen LogP contribution in [0.1, 0.15) is 18.4 Å². The first-order valence-electron chi connectivity index (χ1n) is 5.68. The van der Waals surface area contributed by atoms with Crippen molar-refractivity contribution in [1.29, 1.82) is 0 Å². The first-order chi connectivity index (χ1) is 8.43. The molecule has 0 bridgehead atoms. The fourth-order valence-electron chi connectivity index (χ4n) is 2.05. The molecule has 0 aliphatic carbocycles. The Kier molecular flexibility index (Phi) is 3.36. The van der Waals surface area contributed by atoms with E-state index in [0.717, 1.165) is 18.9 Å². The van der Waals surface area contributed by atoms with E-state index in [1.54, 1.807) is 6.92 Å². The van der Waals surface area contributed by atoms with E-state index in [4.69, 9.17) is 0 Å². The summed E-state index contributed by atoms with van der Waals surface area (Å²) in [6, 6.07) is 3.93. The Balaban J connectivity index is 2.49. The molecule has 1 aliphatic heterocycles. The number of sulfonamides is 1. The second kappa shape index (κ2) is 4.66. The Morgan fingerprint density at radius 3 is 2.44 bits per heavy atom. The van der Waals surface area contributed by atoms with Crippen molar-refractivity contribution in [2.75, 3.05) is 13.1 Å². The van der Waals surface area contributed by atoms with Crippen LogP contribution >= 0.6 is 0 Å². The van der Waals surface area contributed by atoms with Crippen LogP contribution in [0.5, 0.6) is 0 Å². The molecule has 1 saturated heterocycles. The number of hydrogen-bond acceptors (Lipinski definition) is 4. The molecule has 18 heavy (non-hydrogen) atoms. The highest BCUT2D eigenvalue weighted by Crippen LogP contribution is 2.26. The molecule has 0 N–H and O–H groups in total.